The summed E-state index contributed by atoms with van der Waals surface area (Å²) < 4.78 is 16.8. The number of hydrogen-bond acceptors (Lipinski definition) is 8. The monoisotopic (exact) mass is 458 g/mol. The van der Waals surface area contributed by atoms with Crippen LogP contribution < -0.4 is 25.7 Å². The summed E-state index contributed by atoms with van der Waals surface area (Å²) in [6.45, 7) is 0.272. The number of anilines is 1. The first-order chi connectivity index (χ1) is 15.4. The molecule has 11 heteroatoms. The zero-order valence-corrected chi connectivity index (χ0v) is 18.5. The normalized spacial score (nSPS) is 10.5. The van der Waals surface area contributed by atoms with Crippen LogP contribution in [0.1, 0.15) is 16.1 Å². The quantitative estimate of drug-likeness (QED) is 0.369. The first-order valence-electron chi connectivity index (χ1n) is 9.44. The molecule has 3 rings (SSSR count). The van der Waals surface area contributed by atoms with Crippen LogP contribution >= 0.6 is 11.8 Å². The number of hydrogen-bond donors (Lipinski definition) is 2. The molecule has 0 spiro atoms. The van der Waals surface area contributed by atoms with E-state index in [4.69, 9.17) is 13.9 Å². The van der Waals surface area contributed by atoms with E-state index in [1.807, 2.05) is 0 Å². The van der Waals surface area contributed by atoms with Gasteiger partial charge in [-0.3, -0.25) is 19.0 Å². The Labute approximate surface area is 187 Å². The number of rotatable bonds is 9. The molecule has 0 bridgehead atoms. The molecule has 0 aliphatic rings. The molecule has 2 amide bonds. The van der Waals surface area contributed by atoms with Crippen LogP contribution in [0, 0.1) is 0 Å². The molecule has 2 aromatic heterocycles. The maximum absolute atomic E-state index is 12.7. The zero-order chi connectivity index (χ0) is 23.1. The van der Waals surface area contributed by atoms with Gasteiger partial charge in [0.05, 0.1) is 32.8 Å². The molecular formula is C21H22N4O6S. The SMILES string of the molecule is COc1ccc(NC(=O)c2cnc(SCC(=O)NCc3ccco3)n(C)c2=O)cc1OC. The first kappa shape index (κ1) is 22.9. The fourth-order valence-electron chi connectivity index (χ4n) is 2.71. The van der Waals surface area contributed by atoms with Gasteiger partial charge in [-0.25, -0.2) is 4.98 Å². The highest BCUT2D eigenvalue weighted by molar-refractivity contribution is 7.99. The minimum atomic E-state index is -0.613. The Kier molecular flexibility index (Phi) is 7.55. The summed E-state index contributed by atoms with van der Waals surface area (Å²) in [6, 6.07) is 8.34. The van der Waals surface area contributed by atoms with E-state index in [0.29, 0.717) is 28.1 Å². The molecule has 0 saturated carbocycles. The minimum absolute atomic E-state index is 0.0537. The number of amides is 2. The lowest BCUT2D eigenvalue weighted by atomic mass is 10.2. The summed E-state index contributed by atoms with van der Waals surface area (Å²) in [4.78, 5) is 41.4. The number of furan rings is 1. The Morgan fingerprint density at radius 2 is 1.97 bits per heavy atom. The van der Waals surface area contributed by atoms with E-state index in [-0.39, 0.29) is 23.8 Å². The van der Waals surface area contributed by atoms with Crippen molar-refractivity contribution in [3.05, 3.63) is 64.5 Å². The third-order valence-corrected chi connectivity index (χ3v) is 5.43. The van der Waals surface area contributed by atoms with Gasteiger partial charge in [-0.15, -0.1) is 0 Å². The first-order valence-corrected chi connectivity index (χ1v) is 10.4. The number of carbonyl (C=O) groups excluding carboxylic acids is 2. The van der Waals surface area contributed by atoms with Crippen LogP contribution in [-0.4, -0.2) is 41.3 Å². The summed E-state index contributed by atoms with van der Waals surface area (Å²) in [5.41, 5.74) is -0.230. The van der Waals surface area contributed by atoms with E-state index in [9.17, 15) is 14.4 Å². The Morgan fingerprint density at radius 3 is 2.66 bits per heavy atom. The highest BCUT2D eigenvalue weighted by Crippen LogP contribution is 2.29. The molecule has 10 nitrogen and oxygen atoms in total. The number of nitrogens with one attached hydrogen (secondary N) is 2. The maximum atomic E-state index is 12.7. The Bertz CT molecular complexity index is 1160. The summed E-state index contributed by atoms with van der Waals surface area (Å²) in [6.07, 6.45) is 2.72. The van der Waals surface area contributed by atoms with Crippen molar-refractivity contribution in [3.8, 4) is 11.5 Å². The van der Waals surface area contributed by atoms with Gasteiger partial charge in [0.1, 0.15) is 11.3 Å². The van der Waals surface area contributed by atoms with Crippen molar-refractivity contribution >= 4 is 29.3 Å². The van der Waals surface area contributed by atoms with Crippen LogP contribution in [0.3, 0.4) is 0 Å². The predicted octanol–water partition coefficient (Wildman–Crippen LogP) is 2.05. The summed E-state index contributed by atoms with van der Waals surface area (Å²) in [5.74, 6) is 0.789. The Hall–Kier alpha value is -3.73. The van der Waals surface area contributed by atoms with E-state index in [2.05, 4.69) is 15.6 Å². The van der Waals surface area contributed by atoms with E-state index >= 15 is 0 Å². The van der Waals surface area contributed by atoms with Gasteiger partial charge >= 0.3 is 0 Å². The van der Waals surface area contributed by atoms with Crippen LogP contribution in [-0.2, 0) is 18.4 Å². The second kappa shape index (κ2) is 10.5. The highest BCUT2D eigenvalue weighted by Gasteiger charge is 2.17. The van der Waals surface area contributed by atoms with E-state index in [0.717, 1.165) is 11.8 Å². The van der Waals surface area contributed by atoms with Crippen LogP contribution in [0.5, 0.6) is 11.5 Å². The van der Waals surface area contributed by atoms with Gasteiger partial charge in [-0.2, -0.15) is 0 Å². The highest BCUT2D eigenvalue weighted by atomic mass is 32.2. The number of nitrogens with zero attached hydrogens (tertiary/aromatic N) is 2. The molecular weight excluding hydrogens is 436 g/mol. The fraction of sp³-hybridized carbons (Fsp3) is 0.238. The lowest BCUT2D eigenvalue weighted by Gasteiger charge is -2.11. The molecule has 168 valence electrons. The summed E-state index contributed by atoms with van der Waals surface area (Å²) in [7, 11) is 4.48. The lowest BCUT2D eigenvalue weighted by Crippen LogP contribution is -2.30. The van der Waals surface area contributed by atoms with E-state index < -0.39 is 11.5 Å². The third-order valence-electron chi connectivity index (χ3n) is 4.38. The molecule has 0 unspecified atom stereocenters. The molecule has 32 heavy (non-hydrogen) atoms. The smallest absolute Gasteiger partial charge is 0.266 e. The number of carbonyl (C=O) groups is 2. The summed E-state index contributed by atoms with van der Waals surface area (Å²) >= 11 is 1.09. The number of ether oxygens (including phenoxy) is 2. The molecule has 0 atom stereocenters. The molecule has 0 aliphatic heterocycles. The van der Waals surface area contributed by atoms with Gasteiger partial charge in [0, 0.05) is 25.0 Å². The lowest BCUT2D eigenvalue weighted by molar-refractivity contribution is -0.118. The minimum Gasteiger partial charge on any atom is -0.493 e. The van der Waals surface area contributed by atoms with Crippen LogP contribution in [0.4, 0.5) is 5.69 Å². The average Bonchev–Trinajstić information content (AvgIpc) is 3.32. The van der Waals surface area contributed by atoms with Gasteiger partial charge in [0.25, 0.3) is 11.5 Å². The number of methoxy groups -OCH3 is 2. The number of aromatic nitrogens is 2. The van der Waals surface area contributed by atoms with Crippen molar-refractivity contribution in [2.75, 3.05) is 25.3 Å². The van der Waals surface area contributed by atoms with Crippen molar-refractivity contribution < 1.29 is 23.5 Å². The van der Waals surface area contributed by atoms with Gasteiger partial charge in [-0.05, 0) is 24.3 Å². The summed E-state index contributed by atoms with van der Waals surface area (Å²) in [5, 5.41) is 5.67. The number of thioether (sulfide) groups is 1. The molecule has 0 saturated heterocycles. The molecule has 2 N–H and O–H groups in total. The van der Waals surface area contributed by atoms with Gasteiger partial charge in [0.15, 0.2) is 16.7 Å². The van der Waals surface area contributed by atoms with Gasteiger partial charge in [0.2, 0.25) is 5.91 Å². The van der Waals surface area contributed by atoms with E-state index in [1.54, 1.807) is 30.3 Å². The second-order valence-corrected chi connectivity index (χ2v) is 7.43. The third kappa shape index (κ3) is 5.49. The van der Waals surface area contributed by atoms with E-state index in [1.165, 1.54) is 38.3 Å². The molecule has 1 aromatic carbocycles. The predicted molar refractivity (Wildman–Crippen MR) is 118 cm³/mol. The fourth-order valence-corrected chi connectivity index (χ4v) is 3.48. The largest absolute Gasteiger partial charge is 0.493 e. The van der Waals surface area contributed by atoms with Crippen LogP contribution in [0.2, 0.25) is 0 Å². The topological polar surface area (TPSA) is 125 Å². The van der Waals surface area contributed by atoms with Crippen molar-refractivity contribution in [1.29, 1.82) is 0 Å². The molecule has 2 heterocycles. The van der Waals surface area contributed by atoms with Gasteiger partial charge in [-0.1, -0.05) is 11.8 Å². The van der Waals surface area contributed by atoms with Gasteiger partial charge < -0.3 is 24.5 Å². The molecule has 0 radical (unpaired) electrons. The molecule has 0 aliphatic carbocycles. The second-order valence-electron chi connectivity index (χ2n) is 6.49. The average molecular weight is 458 g/mol. The van der Waals surface area contributed by atoms with Crippen LogP contribution in [0.25, 0.3) is 0 Å². The number of benzene rings is 1. The van der Waals surface area contributed by atoms with Crippen molar-refractivity contribution in [1.82, 2.24) is 14.9 Å². The van der Waals surface area contributed by atoms with Crippen LogP contribution in [0.15, 0.2) is 57.2 Å². The zero-order valence-electron chi connectivity index (χ0n) is 17.7. The maximum Gasteiger partial charge on any atom is 0.266 e. The van der Waals surface area contributed by atoms with Crippen molar-refractivity contribution in [3.63, 3.8) is 0 Å². The van der Waals surface area contributed by atoms with Crippen molar-refractivity contribution in [2.24, 2.45) is 7.05 Å². The Balaban J connectivity index is 1.64. The standard InChI is InChI=1S/C21H22N4O6S/c1-25-20(28)15(19(27)24-13-6-7-16(29-2)17(9-13)30-3)11-23-21(25)32-12-18(26)22-10-14-5-4-8-31-14/h4-9,11H,10,12H2,1-3H3,(H,22,26)(H,24,27). The van der Waals surface area contributed by atoms with Crippen molar-refractivity contribution in [2.45, 2.75) is 11.7 Å². The Morgan fingerprint density at radius 1 is 1.19 bits per heavy atom. The molecule has 0 fully saturated rings. The molecule has 3 aromatic rings.